The first-order chi connectivity index (χ1) is 12.1. The van der Waals surface area contributed by atoms with Crippen molar-refractivity contribution >= 4 is 28.2 Å². The van der Waals surface area contributed by atoms with Crippen molar-refractivity contribution in [1.82, 2.24) is 0 Å². The van der Waals surface area contributed by atoms with Gasteiger partial charge in [-0.15, -0.1) is 11.3 Å². The molecule has 0 bridgehead atoms. The highest BCUT2D eigenvalue weighted by atomic mass is 32.1. The molecule has 5 heteroatoms. The van der Waals surface area contributed by atoms with Crippen molar-refractivity contribution < 1.29 is 14.3 Å². The molecule has 0 saturated carbocycles. The molecular weight excluding hydrogens is 334 g/mol. The number of hydrogen-bond acceptors (Lipinski definition) is 4. The van der Waals surface area contributed by atoms with E-state index in [1.807, 2.05) is 31.2 Å². The number of methoxy groups -OCH3 is 1. The number of anilines is 1. The van der Waals surface area contributed by atoms with Crippen molar-refractivity contribution in [2.45, 2.75) is 45.4 Å². The Balaban J connectivity index is 1.82. The first-order valence-electron chi connectivity index (χ1n) is 8.66. The van der Waals surface area contributed by atoms with Gasteiger partial charge in [0.1, 0.15) is 5.00 Å². The van der Waals surface area contributed by atoms with Gasteiger partial charge in [0.15, 0.2) is 0 Å². The maximum Gasteiger partial charge on any atom is 0.341 e. The Labute approximate surface area is 152 Å². The number of thiophene rings is 1. The summed E-state index contributed by atoms with van der Waals surface area (Å²) in [6.45, 7) is 2.02. The maximum atomic E-state index is 12.5. The number of esters is 1. The van der Waals surface area contributed by atoms with Crippen molar-refractivity contribution in [3.63, 3.8) is 0 Å². The second-order valence-electron chi connectivity index (χ2n) is 6.47. The number of amides is 1. The fourth-order valence-electron chi connectivity index (χ4n) is 3.21. The van der Waals surface area contributed by atoms with Gasteiger partial charge in [-0.05, 0) is 43.7 Å². The molecule has 0 fully saturated rings. The molecule has 4 nitrogen and oxygen atoms in total. The zero-order valence-electron chi connectivity index (χ0n) is 14.7. The monoisotopic (exact) mass is 357 g/mol. The summed E-state index contributed by atoms with van der Waals surface area (Å²) in [5.74, 6) is -0.463. The third-order valence-corrected chi connectivity index (χ3v) is 5.76. The third-order valence-electron chi connectivity index (χ3n) is 4.55. The molecule has 0 radical (unpaired) electrons. The molecule has 1 aliphatic carbocycles. The van der Waals surface area contributed by atoms with E-state index in [2.05, 4.69) is 5.32 Å². The van der Waals surface area contributed by atoms with Gasteiger partial charge in [-0.2, -0.15) is 0 Å². The third kappa shape index (κ3) is 4.10. The first-order valence-corrected chi connectivity index (χ1v) is 9.48. The van der Waals surface area contributed by atoms with E-state index in [1.165, 1.54) is 35.3 Å². The number of carbonyl (C=O) groups excluding carboxylic acids is 2. The standard InChI is InChI=1S/C20H23NO3S/c1-13-8-10-14(11-9-13)12-17(22)21-19-18(20(23)24-2)15-6-4-3-5-7-16(15)25-19/h8-11H,3-7,12H2,1-2H3,(H,21,22). The number of nitrogens with one attached hydrogen (secondary N) is 1. The summed E-state index contributed by atoms with van der Waals surface area (Å²) in [4.78, 5) is 26.0. The molecule has 1 amide bonds. The molecule has 132 valence electrons. The van der Waals surface area contributed by atoms with Crippen molar-refractivity contribution in [1.29, 1.82) is 0 Å². The highest BCUT2D eigenvalue weighted by molar-refractivity contribution is 7.17. The molecule has 1 N–H and O–H groups in total. The summed E-state index contributed by atoms with van der Waals surface area (Å²) in [7, 11) is 1.39. The Kier molecular flexibility index (Phi) is 5.53. The molecular formula is C20H23NO3S. The lowest BCUT2D eigenvalue weighted by atomic mass is 10.1. The highest BCUT2D eigenvalue weighted by Crippen LogP contribution is 2.38. The fourth-order valence-corrected chi connectivity index (χ4v) is 4.50. The van der Waals surface area contributed by atoms with Crippen LogP contribution in [0.5, 0.6) is 0 Å². The number of aryl methyl sites for hydroxylation is 2. The lowest BCUT2D eigenvalue weighted by Crippen LogP contribution is -2.16. The van der Waals surface area contributed by atoms with E-state index in [-0.39, 0.29) is 11.9 Å². The normalized spacial score (nSPS) is 13.7. The Morgan fingerprint density at radius 1 is 1.12 bits per heavy atom. The van der Waals surface area contributed by atoms with Gasteiger partial charge in [-0.25, -0.2) is 4.79 Å². The van der Waals surface area contributed by atoms with Crippen LogP contribution in [0, 0.1) is 6.92 Å². The Hall–Kier alpha value is -2.14. The van der Waals surface area contributed by atoms with Crippen LogP contribution in [0.3, 0.4) is 0 Å². The molecule has 0 saturated heterocycles. The van der Waals surface area contributed by atoms with Crippen LogP contribution in [0.4, 0.5) is 5.00 Å². The molecule has 1 heterocycles. The molecule has 25 heavy (non-hydrogen) atoms. The summed E-state index contributed by atoms with van der Waals surface area (Å²) in [5.41, 5.74) is 3.75. The fraction of sp³-hybridized carbons (Fsp3) is 0.400. The number of carbonyl (C=O) groups is 2. The first kappa shape index (κ1) is 17.7. The van der Waals surface area contributed by atoms with Gasteiger partial charge < -0.3 is 10.1 Å². The van der Waals surface area contributed by atoms with E-state index in [9.17, 15) is 9.59 Å². The van der Waals surface area contributed by atoms with Crippen LogP contribution in [0.1, 0.15) is 51.2 Å². The van der Waals surface area contributed by atoms with Gasteiger partial charge in [0, 0.05) is 4.88 Å². The van der Waals surface area contributed by atoms with E-state index >= 15 is 0 Å². The van der Waals surface area contributed by atoms with E-state index in [0.29, 0.717) is 17.0 Å². The van der Waals surface area contributed by atoms with Crippen molar-refractivity contribution in [3.05, 3.63) is 51.4 Å². The second-order valence-corrected chi connectivity index (χ2v) is 7.58. The molecule has 1 aromatic heterocycles. The molecule has 0 spiro atoms. The quantitative estimate of drug-likeness (QED) is 0.656. The largest absolute Gasteiger partial charge is 0.465 e. The van der Waals surface area contributed by atoms with Crippen LogP contribution in [0.2, 0.25) is 0 Å². The molecule has 3 rings (SSSR count). The van der Waals surface area contributed by atoms with E-state index in [0.717, 1.165) is 36.8 Å². The average molecular weight is 357 g/mol. The zero-order chi connectivity index (χ0) is 17.8. The minimum atomic E-state index is -0.356. The highest BCUT2D eigenvalue weighted by Gasteiger charge is 2.26. The Morgan fingerprint density at radius 2 is 1.84 bits per heavy atom. The van der Waals surface area contributed by atoms with Crippen LogP contribution in [0.15, 0.2) is 24.3 Å². The Bertz CT molecular complexity index is 777. The molecule has 2 aromatic rings. The molecule has 0 aliphatic heterocycles. The van der Waals surface area contributed by atoms with Gasteiger partial charge in [0.2, 0.25) is 5.91 Å². The average Bonchev–Trinajstić information content (AvgIpc) is 2.77. The van der Waals surface area contributed by atoms with Crippen LogP contribution in [-0.2, 0) is 28.8 Å². The van der Waals surface area contributed by atoms with Crippen LogP contribution >= 0.6 is 11.3 Å². The van der Waals surface area contributed by atoms with Gasteiger partial charge in [-0.1, -0.05) is 36.2 Å². The molecule has 0 atom stereocenters. The minimum Gasteiger partial charge on any atom is -0.465 e. The SMILES string of the molecule is COC(=O)c1c(NC(=O)Cc2ccc(C)cc2)sc2c1CCCCC2. The van der Waals surface area contributed by atoms with Gasteiger partial charge in [0.05, 0.1) is 19.1 Å². The Morgan fingerprint density at radius 3 is 2.56 bits per heavy atom. The molecule has 1 aromatic carbocycles. The summed E-state index contributed by atoms with van der Waals surface area (Å²) in [5, 5.41) is 3.58. The predicted octanol–water partition coefficient (Wildman–Crippen LogP) is 4.29. The van der Waals surface area contributed by atoms with Crippen molar-refractivity contribution in [3.8, 4) is 0 Å². The van der Waals surface area contributed by atoms with E-state index in [4.69, 9.17) is 4.74 Å². The van der Waals surface area contributed by atoms with Crippen molar-refractivity contribution in [2.75, 3.05) is 12.4 Å². The van der Waals surface area contributed by atoms with Crippen molar-refractivity contribution in [2.24, 2.45) is 0 Å². The minimum absolute atomic E-state index is 0.106. The number of ether oxygens (including phenoxy) is 1. The van der Waals surface area contributed by atoms with E-state index < -0.39 is 0 Å². The number of rotatable bonds is 4. The van der Waals surface area contributed by atoms with E-state index in [1.54, 1.807) is 0 Å². The predicted molar refractivity (Wildman–Crippen MR) is 100 cm³/mol. The number of benzene rings is 1. The van der Waals surface area contributed by atoms with Crippen LogP contribution in [-0.4, -0.2) is 19.0 Å². The number of hydrogen-bond donors (Lipinski definition) is 1. The summed E-state index contributed by atoms with van der Waals surface area (Å²) in [6, 6.07) is 7.91. The van der Waals surface area contributed by atoms with Gasteiger partial charge >= 0.3 is 5.97 Å². The summed E-state index contributed by atoms with van der Waals surface area (Å²) in [6.07, 6.45) is 5.53. The van der Waals surface area contributed by atoms with Crippen LogP contribution < -0.4 is 5.32 Å². The van der Waals surface area contributed by atoms with Crippen LogP contribution in [0.25, 0.3) is 0 Å². The topological polar surface area (TPSA) is 55.4 Å². The zero-order valence-corrected chi connectivity index (χ0v) is 15.5. The van der Waals surface area contributed by atoms with Gasteiger partial charge in [-0.3, -0.25) is 4.79 Å². The molecule has 0 unspecified atom stereocenters. The number of fused-ring (bicyclic) bond motifs is 1. The summed E-state index contributed by atoms with van der Waals surface area (Å²) < 4.78 is 4.97. The second kappa shape index (κ2) is 7.83. The van der Waals surface area contributed by atoms with Gasteiger partial charge in [0.25, 0.3) is 0 Å². The lowest BCUT2D eigenvalue weighted by Gasteiger charge is -2.08. The lowest BCUT2D eigenvalue weighted by molar-refractivity contribution is -0.115. The summed E-state index contributed by atoms with van der Waals surface area (Å²) >= 11 is 1.53. The molecule has 1 aliphatic rings. The smallest absolute Gasteiger partial charge is 0.341 e. The maximum absolute atomic E-state index is 12.5.